The number of pyridine rings is 1. The number of hydrogen-bond donors (Lipinski definition) is 1. The van der Waals surface area contributed by atoms with Crippen molar-refractivity contribution in [3.05, 3.63) is 98.2 Å². The molecule has 3 rings (SSSR count). The van der Waals surface area contributed by atoms with Crippen molar-refractivity contribution in [2.45, 2.75) is 31.5 Å². The third kappa shape index (κ3) is 9.16. The van der Waals surface area contributed by atoms with Crippen molar-refractivity contribution in [2.24, 2.45) is 0 Å². The third-order valence-electron chi connectivity index (χ3n) is 4.89. The molecule has 186 valence electrons. The molecule has 0 unspecified atom stereocenters. The SMILES string of the molecule is C[C@@H](NC(=O)c1[nH+]cccc1Br)[C@H](Cc1ccc(Cl)cc1)c1ccc(Cl)cc1.O=C([O-])C(F)(F)F. The van der Waals surface area contributed by atoms with Gasteiger partial charge in [0.1, 0.15) is 5.97 Å². The number of H-pyrrole nitrogens is 1. The number of benzene rings is 2. The van der Waals surface area contributed by atoms with Crippen LogP contribution in [-0.4, -0.2) is 24.1 Å². The van der Waals surface area contributed by atoms with Gasteiger partial charge in [-0.2, -0.15) is 13.2 Å². The van der Waals surface area contributed by atoms with Gasteiger partial charge < -0.3 is 15.2 Å². The number of aromatic nitrogens is 1. The Kier molecular flexibility index (Phi) is 10.5. The molecule has 0 radical (unpaired) electrons. The predicted molar refractivity (Wildman–Crippen MR) is 128 cm³/mol. The zero-order valence-electron chi connectivity index (χ0n) is 18.2. The minimum Gasteiger partial charge on any atom is -0.542 e. The van der Waals surface area contributed by atoms with E-state index in [-0.39, 0.29) is 17.9 Å². The van der Waals surface area contributed by atoms with Gasteiger partial charge in [-0.1, -0.05) is 47.5 Å². The molecule has 11 heteroatoms. The van der Waals surface area contributed by atoms with Crippen LogP contribution in [0.4, 0.5) is 13.2 Å². The molecule has 0 bridgehead atoms. The second kappa shape index (κ2) is 12.9. The van der Waals surface area contributed by atoms with Gasteiger partial charge in [0.05, 0.1) is 4.47 Å². The number of aromatic amines is 1. The summed E-state index contributed by atoms with van der Waals surface area (Å²) < 4.78 is 32.3. The highest BCUT2D eigenvalue weighted by Gasteiger charge is 2.29. The summed E-state index contributed by atoms with van der Waals surface area (Å²) in [4.78, 5) is 24.5. The number of rotatable bonds is 6. The number of carboxylic acid groups (broad SMARTS) is 1. The molecule has 3 aromatic rings. The molecule has 0 fully saturated rings. The van der Waals surface area contributed by atoms with E-state index < -0.39 is 12.1 Å². The maximum absolute atomic E-state index is 12.8. The van der Waals surface area contributed by atoms with E-state index in [1.807, 2.05) is 67.6 Å². The van der Waals surface area contributed by atoms with E-state index >= 15 is 0 Å². The summed E-state index contributed by atoms with van der Waals surface area (Å²) >= 11 is 15.5. The summed E-state index contributed by atoms with van der Waals surface area (Å²) in [5.41, 5.74) is 2.76. The van der Waals surface area contributed by atoms with Crippen LogP contribution >= 0.6 is 39.1 Å². The fraction of sp³-hybridized carbons (Fsp3) is 0.208. The van der Waals surface area contributed by atoms with Crippen molar-refractivity contribution in [3.8, 4) is 0 Å². The number of carboxylic acids is 1. The number of halogens is 6. The molecule has 5 nitrogen and oxygen atoms in total. The quantitative estimate of drug-likeness (QED) is 0.437. The Labute approximate surface area is 218 Å². The first-order valence-corrected chi connectivity index (χ1v) is 11.7. The van der Waals surface area contributed by atoms with E-state index in [9.17, 15) is 18.0 Å². The Balaban J connectivity index is 0.000000540. The smallest absolute Gasteiger partial charge is 0.430 e. The molecule has 0 aliphatic heterocycles. The summed E-state index contributed by atoms with van der Waals surface area (Å²) in [6.45, 7) is 2.02. The standard InChI is InChI=1S/C22H19BrCl2N2O.C2HF3O2/c1-14(27-22(28)21-20(23)3-2-12-26-21)19(16-6-10-18(25)11-7-16)13-15-4-8-17(24)9-5-15;3-2(4,5)1(6)7/h2-12,14,19H,13H2,1H3,(H,27,28);(H,6,7)/t14-,19+;/m1./s1. The van der Waals surface area contributed by atoms with Crippen LogP contribution in [0.5, 0.6) is 0 Å². The van der Waals surface area contributed by atoms with Crippen LogP contribution in [0.1, 0.15) is 34.5 Å². The molecule has 2 aromatic carbocycles. The van der Waals surface area contributed by atoms with E-state index in [1.165, 1.54) is 0 Å². The molecule has 1 amide bonds. The van der Waals surface area contributed by atoms with Crippen LogP contribution in [-0.2, 0) is 11.2 Å². The summed E-state index contributed by atoms with van der Waals surface area (Å²) in [7, 11) is 0. The summed E-state index contributed by atoms with van der Waals surface area (Å²) in [6, 6.07) is 19.1. The molecule has 1 aromatic heterocycles. The van der Waals surface area contributed by atoms with Gasteiger partial charge in [0.15, 0.2) is 6.20 Å². The number of nitrogens with one attached hydrogen (secondary N) is 2. The minimum absolute atomic E-state index is 0.0740. The van der Waals surface area contributed by atoms with Crippen LogP contribution < -0.4 is 15.4 Å². The predicted octanol–water partition coefficient (Wildman–Crippen LogP) is 5.01. The highest BCUT2D eigenvalue weighted by Crippen LogP contribution is 2.27. The lowest BCUT2D eigenvalue weighted by molar-refractivity contribution is -0.383. The molecule has 0 spiro atoms. The minimum atomic E-state index is -5.19. The summed E-state index contributed by atoms with van der Waals surface area (Å²) in [5, 5.41) is 13.3. The Morgan fingerprint density at radius 1 is 1.03 bits per heavy atom. The van der Waals surface area contributed by atoms with E-state index in [4.69, 9.17) is 33.1 Å². The fourth-order valence-electron chi connectivity index (χ4n) is 3.14. The lowest BCUT2D eigenvalue weighted by Gasteiger charge is -2.25. The third-order valence-corrected chi connectivity index (χ3v) is 6.06. The molecular weight excluding hydrogens is 572 g/mol. The number of alkyl halides is 3. The molecule has 0 saturated carbocycles. The van der Waals surface area contributed by atoms with Gasteiger partial charge in [-0.15, -0.1) is 0 Å². The van der Waals surface area contributed by atoms with Crippen molar-refractivity contribution >= 4 is 51.0 Å². The van der Waals surface area contributed by atoms with Crippen molar-refractivity contribution in [1.82, 2.24) is 5.32 Å². The fourth-order valence-corrected chi connectivity index (χ4v) is 3.84. The zero-order chi connectivity index (χ0) is 26.2. The molecule has 0 aliphatic carbocycles. The molecule has 0 aliphatic rings. The van der Waals surface area contributed by atoms with Crippen LogP contribution in [0.2, 0.25) is 10.0 Å². The average Bonchev–Trinajstić information content (AvgIpc) is 2.79. The summed E-state index contributed by atoms with van der Waals surface area (Å²) in [5.74, 6) is -3.09. The zero-order valence-corrected chi connectivity index (χ0v) is 21.3. The Morgan fingerprint density at radius 2 is 1.54 bits per heavy atom. The van der Waals surface area contributed by atoms with Crippen molar-refractivity contribution in [3.63, 3.8) is 0 Å². The second-order valence-corrected chi connectivity index (χ2v) is 9.16. The van der Waals surface area contributed by atoms with Crippen molar-refractivity contribution in [2.75, 3.05) is 0 Å². The van der Waals surface area contributed by atoms with Crippen LogP contribution in [0, 0.1) is 0 Å². The van der Waals surface area contributed by atoms with Crippen LogP contribution in [0.15, 0.2) is 71.3 Å². The van der Waals surface area contributed by atoms with Gasteiger partial charge in [-0.25, -0.2) is 4.98 Å². The van der Waals surface area contributed by atoms with Gasteiger partial charge in [-0.05, 0) is 70.7 Å². The largest absolute Gasteiger partial charge is 0.542 e. The molecular formula is C24H20BrCl2F3N2O3. The first kappa shape index (κ1) is 28.6. The monoisotopic (exact) mass is 590 g/mol. The topological polar surface area (TPSA) is 83.4 Å². The number of hydrogen-bond acceptors (Lipinski definition) is 3. The second-order valence-electron chi connectivity index (χ2n) is 7.43. The van der Waals surface area contributed by atoms with Gasteiger partial charge in [0.2, 0.25) is 0 Å². The highest BCUT2D eigenvalue weighted by molar-refractivity contribution is 9.10. The van der Waals surface area contributed by atoms with E-state index in [0.717, 1.165) is 22.0 Å². The lowest BCUT2D eigenvalue weighted by Crippen LogP contribution is -2.40. The van der Waals surface area contributed by atoms with Gasteiger partial charge >= 0.3 is 12.1 Å². The molecule has 1 heterocycles. The normalized spacial score (nSPS) is 12.7. The number of amides is 1. The Hall–Kier alpha value is -2.62. The number of aliphatic carboxylic acids is 1. The maximum Gasteiger partial charge on any atom is 0.430 e. The Bertz CT molecular complexity index is 1140. The van der Waals surface area contributed by atoms with Crippen molar-refractivity contribution < 1.29 is 32.9 Å². The molecule has 2 atom stereocenters. The van der Waals surface area contributed by atoms with Crippen LogP contribution in [0.25, 0.3) is 0 Å². The Morgan fingerprint density at radius 3 is 2.03 bits per heavy atom. The van der Waals surface area contributed by atoms with E-state index in [2.05, 4.69) is 26.2 Å². The molecule has 2 N–H and O–H groups in total. The van der Waals surface area contributed by atoms with Gasteiger partial charge in [0.25, 0.3) is 5.69 Å². The maximum atomic E-state index is 12.8. The van der Waals surface area contributed by atoms with Gasteiger partial charge in [-0.3, -0.25) is 4.79 Å². The summed E-state index contributed by atoms with van der Waals surface area (Å²) in [6.07, 6.45) is -2.70. The number of carbonyl (C=O) groups excluding carboxylic acids is 2. The van der Waals surface area contributed by atoms with E-state index in [0.29, 0.717) is 15.7 Å². The highest BCUT2D eigenvalue weighted by atomic mass is 79.9. The first-order chi connectivity index (χ1) is 16.4. The first-order valence-electron chi connectivity index (χ1n) is 10.1. The van der Waals surface area contributed by atoms with Crippen molar-refractivity contribution in [1.29, 1.82) is 0 Å². The van der Waals surface area contributed by atoms with Crippen LogP contribution in [0.3, 0.4) is 0 Å². The molecule has 0 saturated heterocycles. The molecule has 35 heavy (non-hydrogen) atoms. The lowest BCUT2D eigenvalue weighted by atomic mass is 9.86. The number of carbonyl (C=O) groups is 2. The van der Waals surface area contributed by atoms with E-state index in [1.54, 1.807) is 6.20 Å². The van der Waals surface area contributed by atoms with Gasteiger partial charge in [0, 0.05) is 28.1 Å². The average molecular weight is 592 g/mol.